The molecule has 0 aromatic heterocycles. The van der Waals surface area contributed by atoms with E-state index in [1.54, 1.807) is 0 Å². The van der Waals surface area contributed by atoms with E-state index >= 15 is 0 Å². The lowest BCUT2D eigenvalue weighted by Gasteiger charge is -2.16. The van der Waals surface area contributed by atoms with Gasteiger partial charge < -0.3 is 11.1 Å². The minimum absolute atomic E-state index is 0.180. The summed E-state index contributed by atoms with van der Waals surface area (Å²) in [6, 6.07) is 0.322. The number of carbonyl (C=O) groups excluding carboxylic acids is 1. The Balaban J connectivity index is 2.27. The number of nitrogens with two attached hydrogens (primary N) is 1. The maximum Gasteiger partial charge on any atom is 0.234 e. The van der Waals surface area contributed by atoms with E-state index < -0.39 is 0 Å². The molecule has 2 unspecified atom stereocenters. The van der Waals surface area contributed by atoms with Crippen LogP contribution in [0.25, 0.3) is 0 Å². The van der Waals surface area contributed by atoms with Crippen LogP contribution in [-0.4, -0.2) is 18.0 Å². The molecule has 3 heteroatoms. The second-order valence-electron chi connectivity index (χ2n) is 3.91. The summed E-state index contributed by atoms with van der Waals surface area (Å²) in [5.74, 6) is 0.539. The maximum atomic E-state index is 10.7. The number of carbonyl (C=O) groups is 1. The molecule has 1 amide bonds. The third-order valence-corrected chi connectivity index (χ3v) is 2.61. The van der Waals surface area contributed by atoms with E-state index in [0.29, 0.717) is 6.04 Å². The van der Waals surface area contributed by atoms with Crippen LogP contribution < -0.4 is 11.1 Å². The fourth-order valence-electron chi connectivity index (χ4n) is 1.79. The van der Waals surface area contributed by atoms with E-state index in [2.05, 4.69) is 12.2 Å². The predicted molar refractivity (Wildman–Crippen MR) is 48.6 cm³/mol. The van der Waals surface area contributed by atoms with Crippen molar-refractivity contribution in [1.29, 1.82) is 0 Å². The van der Waals surface area contributed by atoms with Crippen molar-refractivity contribution in [1.82, 2.24) is 5.32 Å². The molecule has 3 nitrogen and oxygen atoms in total. The van der Waals surface area contributed by atoms with Gasteiger partial charge in [0.05, 0.1) is 6.04 Å². The molecule has 0 saturated heterocycles. The lowest BCUT2D eigenvalue weighted by Crippen LogP contribution is -2.43. The van der Waals surface area contributed by atoms with Crippen LogP contribution in [0.15, 0.2) is 0 Å². The maximum absolute atomic E-state index is 10.7. The summed E-state index contributed by atoms with van der Waals surface area (Å²) < 4.78 is 0. The van der Waals surface area contributed by atoms with Crippen LogP contribution in [0.1, 0.15) is 33.1 Å². The van der Waals surface area contributed by atoms with Gasteiger partial charge in [0.25, 0.3) is 0 Å². The molecule has 1 rings (SSSR count). The molecule has 0 radical (unpaired) electrons. The highest BCUT2D eigenvalue weighted by molar-refractivity contribution is 5.79. The first-order valence-electron chi connectivity index (χ1n) is 4.65. The molecule has 3 atom stereocenters. The Morgan fingerprint density at radius 3 is 2.67 bits per heavy atom. The Kier molecular flexibility index (Phi) is 3.09. The average molecular weight is 170 g/mol. The highest BCUT2D eigenvalue weighted by Gasteiger charge is 2.23. The summed E-state index contributed by atoms with van der Waals surface area (Å²) in [5.41, 5.74) is 5.15. The summed E-state index contributed by atoms with van der Waals surface area (Å²) in [6.45, 7) is 4.07. The molecule has 1 saturated carbocycles. The summed E-state index contributed by atoms with van der Waals surface area (Å²) in [7, 11) is 0. The number of hydrogen-bond acceptors (Lipinski definition) is 2. The highest BCUT2D eigenvalue weighted by Crippen LogP contribution is 2.24. The van der Waals surface area contributed by atoms with E-state index in [9.17, 15) is 4.79 Å². The standard InChI is InChI=1S/C9H18N2O/c1-6-3-4-8(5-6)11-7(2)9(10)12/h6-8,11H,3-5H2,1-2H3,(H2,10,12)/t6?,7-,8?/m0/s1. The first kappa shape index (κ1) is 9.52. The van der Waals surface area contributed by atoms with Gasteiger partial charge in [0.1, 0.15) is 0 Å². The summed E-state index contributed by atoms with van der Waals surface area (Å²) in [5, 5.41) is 3.23. The Morgan fingerprint density at radius 1 is 1.58 bits per heavy atom. The Bertz CT molecular complexity index is 170. The van der Waals surface area contributed by atoms with E-state index in [4.69, 9.17) is 5.73 Å². The number of rotatable bonds is 3. The number of amides is 1. The summed E-state index contributed by atoms with van der Waals surface area (Å²) in [6.07, 6.45) is 3.62. The normalized spacial score (nSPS) is 31.8. The van der Waals surface area contributed by atoms with Crippen molar-refractivity contribution in [3.63, 3.8) is 0 Å². The quantitative estimate of drug-likeness (QED) is 0.653. The summed E-state index contributed by atoms with van der Waals surface area (Å²) in [4.78, 5) is 10.7. The predicted octanol–water partition coefficient (Wildman–Crippen LogP) is 0.638. The fraction of sp³-hybridized carbons (Fsp3) is 0.889. The zero-order valence-corrected chi connectivity index (χ0v) is 7.84. The van der Waals surface area contributed by atoms with Gasteiger partial charge >= 0.3 is 0 Å². The molecule has 12 heavy (non-hydrogen) atoms. The van der Waals surface area contributed by atoms with Crippen molar-refractivity contribution >= 4 is 5.91 Å². The van der Waals surface area contributed by atoms with Crippen LogP contribution in [0, 0.1) is 5.92 Å². The molecule has 0 spiro atoms. The van der Waals surface area contributed by atoms with Crippen LogP contribution in [-0.2, 0) is 4.79 Å². The smallest absolute Gasteiger partial charge is 0.234 e. The van der Waals surface area contributed by atoms with Gasteiger partial charge in [-0.1, -0.05) is 6.92 Å². The summed E-state index contributed by atoms with van der Waals surface area (Å²) >= 11 is 0. The van der Waals surface area contributed by atoms with Gasteiger partial charge in [0.2, 0.25) is 5.91 Å². The zero-order chi connectivity index (χ0) is 9.14. The Labute approximate surface area is 73.7 Å². The van der Waals surface area contributed by atoms with E-state index in [1.807, 2.05) is 6.92 Å². The van der Waals surface area contributed by atoms with Gasteiger partial charge in [-0.25, -0.2) is 0 Å². The van der Waals surface area contributed by atoms with Crippen LogP contribution in [0.5, 0.6) is 0 Å². The largest absolute Gasteiger partial charge is 0.368 e. The van der Waals surface area contributed by atoms with E-state index in [1.165, 1.54) is 19.3 Å². The van der Waals surface area contributed by atoms with Crippen LogP contribution >= 0.6 is 0 Å². The van der Waals surface area contributed by atoms with Crippen LogP contribution in [0.3, 0.4) is 0 Å². The second kappa shape index (κ2) is 3.90. The molecule has 0 aromatic carbocycles. The molecule has 3 N–H and O–H groups in total. The molecule has 0 aliphatic heterocycles. The number of nitrogens with one attached hydrogen (secondary N) is 1. The van der Waals surface area contributed by atoms with Crippen LogP contribution in [0.2, 0.25) is 0 Å². The average Bonchev–Trinajstić information content (AvgIpc) is 2.35. The lowest BCUT2D eigenvalue weighted by molar-refractivity contribution is -0.119. The fourth-order valence-corrected chi connectivity index (χ4v) is 1.79. The van der Waals surface area contributed by atoms with Gasteiger partial charge in [-0.2, -0.15) is 0 Å². The minimum Gasteiger partial charge on any atom is -0.368 e. The SMILES string of the molecule is CC1CCC(N[C@@H](C)C(N)=O)C1. The van der Waals surface area contributed by atoms with Crippen molar-refractivity contribution in [3.05, 3.63) is 0 Å². The molecule has 1 fully saturated rings. The van der Waals surface area contributed by atoms with Crippen LogP contribution in [0.4, 0.5) is 0 Å². The number of hydrogen-bond donors (Lipinski definition) is 2. The molecular formula is C9H18N2O. The van der Waals surface area contributed by atoms with Crippen molar-refractivity contribution in [2.24, 2.45) is 11.7 Å². The van der Waals surface area contributed by atoms with Gasteiger partial charge in [-0.3, -0.25) is 4.79 Å². The molecule has 0 aromatic rings. The minimum atomic E-state index is -0.255. The first-order chi connectivity index (χ1) is 5.59. The molecular weight excluding hydrogens is 152 g/mol. The molecule has 0 bridgehead atoms. The topological polar surface area (TPSA) is 55.1 Å². The second-order valence-corrected chi connectivity index (χ2v) is 3.91. The Morgan fingerprint density at radius 2 is 2.25 bits per heavy atom. The lowest BCUT2D eigenvalue weighted by atomic mass is 10.1. The molecule has 70 valence electrons. The van der Waals surface area contributed by atoms with E-state index in [0.717, 1.165) is 5.92 Å². The van der Waals surface area contributed by atoms with E-state index in [-0.39, 0.29) is 11.9 Å². The van der Waals surface area contributed by atoms with Crippen molar-refractivity contribution in [2.75, 3.05) is 0 Å². The third kappa shape index (κ3) is 2.48. The highest BCUT2D eigenvalue weighted by atomic mass is 16.1. The Hall–Kier alpha value is -0.570. The van der Waals surface area contributed by atoms with Gasteiger partial charge in [-0.05, 0) is 32.1 Å². The molecule has 1 aliphatic rings. The molecule has 0 heterocycles. The monoisotopic (exact) mass is 170 g/mol. The first-order valence-corrected chi connectivity index (χ1v) is 4.65. The van der Waals surface area contributed by atoms with Crippen molar-refractivity contribution in [3.8, 4) is 0 Å². The van der Waals surface area contributed by atoms with Crippen molar-refractivity contribution < 1.29 is 4.79 Å². The number of primary amides is 1. The van der Waals surface area contributed by atoms with Gasteiger partial charge in [0.15, 0.2) is 0 Å². The van der Waals surface area contributed by atoms with Crippen molar-refractivity contribution in [2.45, 2.75) is 45.2 Å². The molecule has 1 aliphatic carbocycles. The zero-order valence-electron chi connectivity index (χ0n) is 7.84. The van der Waals surface area contributed by atoms with Gasteiger partial charge in [-0.15, -0.1) is 0 Å². The third-order valence-electron chi connectivity index (χ3n) is 2.61. The van der Waals surface area contributed by atoms with Gasteiger partial charge in [0, 0.05) is 6.04 Å².